The van der Waals surface area contributed by atoms with E-state index in [0.717, 1.165) is 10.0 Å². The zero-order valence-electron chi connectivity index (χ0n) is 9.21. The van der Waals surface area contributed by atoms with E-state index in [1.54, 1.807) is 30.3 Å². The fourth-order valence-corrected chi connectivity index (χ4v) is 2.02. The van der Waals surface area contributed by atoms with Crippen LogP contribution in [0.5, 0.6) is 0 Å². The van der Waals surface area contributed by atoms with Gasteiger partial charge in [0.15, 0.2) is 5.78 Å². The van der Waals surface area contributed by atoms with Gasteiger partial charge in [-0.05, 0) is 42.8 Å². The van der Waals surface area contributed by atoms with Gasteiger partial charge >= 0.3 is 0 Å². The Morgan fingerprint density at radius 1 is 1.12 bits per heavy atom. The lowest BCUT2D eigenvalue weighted by Gasteiger charge is -2.04. The minimum atomic E-state index is -0.0110. The maximum absolute atomic E-state index is 12.2. The van der Waals surface area contributed by atoms with Crippen LogP contribution >= 0.6 is 27.5 Å². The van der Waals surface area contributed by atoms with Gasteiger partial charge in [-0.15, -0.1) is 0 Å². The summed E-state index contributed by atoms with van der Waals surface area (Å²) in [7, 11) is 0. The van der Waals surface area contributed by atoms with Gasteiger partial charge in [-0.25, -0.2) is 0 Å². The predicted octanol–water partition coefficient (Wildman–Crippen LogP) is 4.64. The lowest BCUT2D eigenvalue weighted by atomic mass is 10.0. The molecule has 3 heteroatoms. The van der Waals surface area contributed by atoms with Gasteiger partial charge < -0.3 is 0 Å². The van der Waals surface area contributed by atoms with Crippen LogP contribution in [0.15, 0.2) is 46.9 Å². The number of hydrogen-bond donors (Lipinski definition) is 0. The van der Waals surface area contributed by atoms with Crippen LogP contribution in [0.2, 0.25) is 5.02 Å². The standard InChI is InChI=1S/C14H10BrClO/c1-9-7-11(5-6-13(9)15)14(17)10-3-2-4-12(16)8-10/h2-8H,1H3. The fraction of sp³-hybridized carbons (Fsp3) is 0.0714. The summed E-state index contributed by atoms with van der Waals surface area (Å²) in [5.41, 5.74) is 2.32. The average molecular weight is 310 g/mol. The molecule has 0 fully saturated rings. The molecule has 1 nitrogen and oxygen atoms in total. The van der Waals surface area contributed by atoms with Crippen molar-refractivity contribution in [2.75, 3.05) is 0 Å². The molecule has 0 radical (unpaired) electrons. The number of aryl methyl sites for hydroxylation is 1. The number of carbonyl (C=O) groups is 1. The summed E-state index contributed by atoms with van der Waals surface area (Å²) in [4.78, 5) is 12.2. The molecular weight excluding hydrogens is 300 g/mol. The maximum Gasteiger partial charge on any atom is 0.193 e. The van der Waals surface area contributed by atoms with Gasteiger partial charge in [0.1, 0.15) is 0 Å². The van der Waals surface area contributed by atoms with Gasteiger partial charge in [0, 0.05) is 20.6 Å². The van der Waals surface area contributed by atoms with E-state index in [4.69, 9.17) is 11.6 Å². The summed E-state index contributed by atoms with van der Waals surface area (Å²) < 4.78 is 1.00. The normalized spacial score (nSPS) is 10.3. The van der Waals surface area contributed by atoms with Crippen LogP contribution in [-0.4, -0.2) is 5.78 Å². The van der Waals surface area contributed by atoms with Crippen molar-refractivity contribution < 1.29 is 4.79 Å². The molecule has 0 N–H and O–H groups in total. The molecule has 2 aromatic rings. The molecule has 0 saturated carbocycles. The molecule has 0 saturated heterocycles. The van der Waals surface area contributed by atoms with E-state index in [0.29, 0.717) is 16.1 Å². The third-order valence-corrected chi connectivity index (χ3v) is 3.63. The summed E-state index contributed by atoms with van der Waals surface area (Å²) >= 11 is 9.29. The Kier molecular flexibility index (Phi) is 3.65. The zero-order chi connectivity index (χ0) is 12.4. The minimum Gasteiger partial charge on any atom is -0.289 e. The Morgan fingerprint density at radius 3 is 2.47 bits per heavy atom. The van der Waals surface area contributed by atoms with Crippen LogP contribution in [0.1, 0.15) is 21.5 Å². The van der Waals surface area contributed by atoms with Crippen molar-refractivity contribution in [3.8, 4) is 0 Å². The lowest BCUT2D eigenvalue weighted by Crippen LogP contribution is -2.01. The molecule has 0 heterocycles. The second-order valence-corrected chi connectivity index (χ2v) is 5.09. The largest absolute Gasteiger partial charge is 0.289 e. The SMILES string of the molecule is Cc1cc(C(=O)c2cccc(Cl)c2)ccc1Br. The second kappa shape index (κ2) is 5.03. The Balaban J connectivity index is 2.40. The number of benzene rings is 2. The topological polar surface area (TPSA) is 17.1 Å². The predicted molar refractivity (Wildman–Crippen MR) is 73.8 cm³/mol. The monoisotopic (exact) mass is 308 g/mol. The van der Waals surface area contributed by atoms with Crippen LogP contribution in [-0.2, 0) is 0 Å². The van der Waals surface area contributed by atoms with E-state index < -0.39 is 0 Å². The summed E-state index contributed by atoms with van der Waals surface area (Å²) in [5, 5.41) is 0.574. The molecule has 0 bridgehead atoms. The molecule has 0 aromatic heterocycles. The van der Waals surface area contributed by atoms with Crippen molar-refractivity contribution in [1.82, 2.24) is 0 Å². The Bertz CT molecular complexity index is 578. The number of hydrogen-bond acceptors (Lipinski definition) is 1. The van der Waals surface area contributed by atoms with Crippen LogP contribution in [0, 0.1) is 6.92 Å². The Labute approximate surface area is 114 Å². The first-order chi connectivity index (χ1) is 8.08. The molecule has 0 unspecified atom stereocenters. The van der Waals surface area contributed by atoms with Crippen molar-refractivity contribution in [2.45, 2.75) is 6.92 Å². The third-order valence-electron chi connectivity index (χ3n) is 2.51. The van der Waals surface area contributed by atoms with Crippen molar-refractivity contribution in [3.63, 3.8) is 0 Å². The molecule has 2 rings (SSSR count). The van der Waals surface area contributed by atoms with Gasteiger partial charge in [0.05, 0.1) is 0 Å². The number of rotatable bonds is 2. The highest BCUT2D eigenvalue weighted by Gasteiger charge is 2.10. The molecule has 0 aliphatic heterocycles. The summed E-state index contributed by atoms with van der Waals surface area (Å²) in [6.45, 7) is 1.96. The first kappa shape index (κ1) is 12.3. The van der Waals surface area contributed by atoms with Crippen molar-refractivity contribution in [3.05, 3.63) is 68.7 Å². The highest BCUT2D eigenvalue weighted by Crippen LogP contribution is 2.20. The van der Waals surface area contributed by atoms with E-state index in [-0.39, 0.29) is 5.78 Å². The van der Waals surface area contributed by atoms with Crippen LogP contribution in [0.25, 0.3) is 0 Å². The van der Waals surface area contributed by atoms with Crippen LogP contribution in [0.4, 0.5) is 0 Å². The second-order valence-electron chi connectivity index (χ2n) is 3.80. The number of halogens is 2. The van der Waals surface area contributed by atoms with Crippen LogP contribution < -0.4 is 0 Å². The van der Waals surface area contributed by atoms with E-state index in [9.17, 15) is 4.79 Å². The summed E-state index contributed by atoms with van der Waals surface area (Å²) in [6, 6.07) is 12.5. The molecule has 2 aromatic carbocycles. The van der Waals surface area contributed by atoms with Gasteiger partial charge in [-0.1, -0.05) is 39.7 Å². The smallest absolute Gasteiger partial charge is 0.193 e. The van der Waals surface area contributed by atoms with Gasteiger partial charge in [0.2, 0.25) is 0 Å². The van der Waals surface area contributed by atoms with Gasteiger partial charge in [0.25, 0.3) is 0 Å². The highest BCUT2D eigenvalue weighted by molar-refractivity contribution is 9.10. The fourth-order valence-electron chi connectivity index (χ4n) is 1.58. The zero-order valence-corrected chi connectivity index (χ0v) is 11.5. The van der Waals surface area contributed by atoms with E-state index in [1.165, 1.54) is 0 Å². The van der Waals surface area contributed by atoms with Crippen molar-refractivity contribution in [2.24, 2.45) is 0 Å². The lowest BCUT2D eigenvalue weighted by molar-refractivity contribution is 0.103. The number of carbonyl (C=O) groups excluding carboxylic acids is 1. The molecule has 86 valence electrons. The van der Waals surface area contributed by atoms with E-state index in [1.807, 2.05) is 19.1 Å². The molecule has 0 spiro atoms. The van der Waals surface area contributed by atoms with E-state index in [2.05, 4.69) is 15.9 Å². The van der Waals surface area contributed by atoms with Gasteiger partial charge in [-0.2, -0.15) is 0 Å². The Hall–Kier alpha value is -1.12. The highest BCUT2D eigenvalue weighted by atomic mass is 79.9. The molecule has 0 amide bonds. The maximum atomic E-state index is 12.2. The summed E-state index contributed by atoms with van der Waals surface area (Å²) in [5.74, 6) is -0.0110. The molecule has 0 aliphatic rings. The van der Waals surface area contributed by atoms with Crippen molar-refractivity contribution >= 4 is 33.3 Å². The molecule has 0 aliphatic carbocycles. The van der Waals surface area contributed by atoms with Gasteiger partial charge in [-0.3, -0.25) is 4.79 Å². The number of ketones is 1. The van der Waals surface area contributed by atoms with E-state index >= 15 is 0 Å². The molecule has 17 heavy (non-hydrogen) atoms. The van der Waals surface area contributed by atoms with Crippen molar-refractivity contribution in [1.29, 1.82) is 0 Å². The molecule has 0 atom stereocenters. The molecular formula is C14H10BrClO. The van der Waals surface area contributed by atoms with Crippen LogP contribution in [0.3, 0.4) is 0 Å². The minimum absolute atomic E-state index is 0.0110. The first-order valence-corrected chi connectivity index (χ1v) is 6.31. The first-order valence-electron chi connectivity index (χ1n) is 5.14. The Morgan fingerprint density at radius 2 is 1.82 bits per heavy atom. The quantitative estimate of drug-likeness (QED) is 0.738. The third kappa shape index (κ3) is 2.76. The summed E-state index contributed by atoms with van der Waals surface area (Å²) in [6.07, 6.45) is 0. The average Bonchev–Trinajstić information content (AvgIpc) is 2.32.